The van der Waals surface area contributed by atoms with Gasteiger partial charge in [-0.1, -0.05) is 12.2 Å². The van der Waals surface area contributed by atoms with Crippen molar-refractivity contribution >= 4 is 21.6 Å². The summed E-state index contributed by atoms with van der Waals surface area (Å²) in [7, 11) is 0. The molecule has 1 aromatic heterocycles. The summed E-state index contributed by atoms with van der Waals surface area (Å²) in [6.45, 7) is 1.04. The summed E-state index contributed by atoms with van der Waals surface area (Å²) >= 11 is 3.43. The fourth-order valence-corrected chi connectivity index (χ4v) is 2.20. The number of pyridine rings is 1. The van der Waals surface area contributed by atoms with Crippen LogP contribution in [0.3, 0.4) is 0 Å². The lowest BCUT2D eigenvalue weighted by atomic mass is 9.94. The molecule has 1 heterocycles. The molecule has 0 saturated heterocycles. The highest BCUT2D eigenvalue weighted by Crippen LogP contribution is 2.22. The van der Waals surface area contributed by atoms with Gasteiger partial charge in [-0.15, -0.1) is 0 Å². The maximum Gasteiger partial charge on any atom is 0.129 e. The highest BCUT2D eigenvalue weighted by molar-refractivity contribution is 9.10. The van der Waals surface area contributed by atoms with E-state index in [2.05, 4.69) is 44.4 Å². The maximum atomic E-state index is 4.18. The van der Waals surface area contributed by atoms with E-state index in [1.54, 1.807) is 6.20 Å². The lowest BCUT2D eigenvalue weighted by Gasteiger charge is -2.19. The van der Waals surface area contributed by atoms with Crippen molar-refractivity contribution < 1.29 is 0 Å². The highest BCUT2D eigenvalue weighted by Gasteiger charge is 2.09. The smallest absolute Gasteiger partial charge is 0.129 e. The van der Waals surface area contributed by atoms with Crippen LogP contribution in [0.2, 0.25) is 0 Å². The second-order valence-corrected chi connectivity index (χ2v) is 4.62. The van der Waals surface area contributed by atoms with Crippen molar-refractivity contribution in [3.05, 3.63) is 35.1 Å². The summed E-state index contributed by atoms with van der Waals surface area (Å²) in [6, 6.07) is 4.00. The van der Waals surface area contributed by atoms with Crippen LogP contribution < -0.4 is 5.32 Å². The Morgan fingerprint density at radius 3 is 3.13 bits per heavy atom. The van der Waals surface area contributed by atoms with Gasteiger partial charge in [-0.05, 0) is 53.2 Å². The number of halogens is 1. The number of anilines is 1. The Balaban J connectivity index is 1.87. The van der Waals surface area contributed by atoms with E-state index in [1.165, 1.54) is 19.3 Å². The number of hydrogen-bond acceptors (Lipinski definition) is 2. The first-order chi connectivity index (χ1) is 7.36. The van der Waals surface area contributed by atoms with Crippen molar-refractivity contribution in [1.29, 1.82) is 0 Å². The van der Waals surface area contributed by atoms with E-state index in [0.717, 1.165) is 22.8 Å². The average molecular weight is 267 g/mol. The molecule has 1 unspecified atom stereocenters. The molecular formula is C12H15BrN2. The van der Waals surface area contributed by atoms with Gasteiger partial charge in [0.1, 0.15) is 4.60 Å². The molecule has 0 bridgehead atoms. The monoisotopic (exact) mass is 266 g/mol. The van der Waals surface area contributed by atoms with Crippen LogP contribution in [0.25, 0.3) is 0 Å². The number of nitrogens with zero attached hydrogens (tertiary/aromatic N) is 1. The summed E-state index contributed by atoms with van der Waals surface area (Å²) in [5.41, 5.74) is 1.09. The van der Waals surface area contributed by atoms with Crippen molar-refractivity contribution in [3.63, 3.8) is 0 Å². The molecule has 1 N–H and O–H groups in total. The Labute approximate surface area is 98.9 Å². The zero-order chi connectivity index (χ0) is 10.5. The third-order valence-electron chi connectivity index (χ3n) is 2.72. The van der Waals surface area contributed by atoms with Crippen LogP contribution >= 0.6 is 15.9 Å². The van der Waals surface area contributed by atoms with Gasteiger partial charge < -0.3 is 5.32 Å². The average Bonchev–Trinajstić information content (AvgIpc) is 2.29. The number of aromatic nitrogens is 1. The second-order valence-electron chi connectivity index (χ2n) is 3.87. The van der Waals surface area contributed by atoms with Crippen molar-refractivity contribution in [1.82, 2.24) is 4.98 Å². The third kappa shape index (κ3) is 3.06. The molecular weight excluding hydrogens is 252 g/mol. The molecule has 15 heavy (non-hydrogen) atoms. The van der Waals surface area contributed by atoms with Crippen LogP contribution in [0.5, 0.6) is 0 Å². The fraction of sp³-hybridized carbons (Fsp3) is 0.417. The molecule has 1 atom stereocenters. The molecule has 1 aliphatic carbocycles. The van der Waals surface area contributed by atoms with Crippen molar-refractivity contribution in [2.75, 3.05) is 11.9 Å². The molecule has 2 nitrogen and oxygen atoms in total. The van der Waals surface area contributed by atoms with Crippen molar-refractivity contribution in [2.24, 2.45) is 5.92 Å². The minimum atomic E-state index is 0.766. The zero-order valence-electron chi connectivity index (χ0n) is 8.62. The van der Waals surface area contributed by atoms with E-state index in [9.17, 15) is 0 Å². The first-order valence-electron chi connectivity index (χ1n) is 5.35. The van der Waals surface area contributed by atoms with Gasteiger partial charge in [-0.2, -0.15) is 0 Å². The zero-order valence-corrected chi connectivity index (χ0v) is 10.2. The summed E-state index contributed by atoms with van der Waals surface area (Å²) in [5.74, 6) is 0.766. The summed E-state index contributed by atoms with van der Waals surface area (Å²) < 4.78 is 0.899. The molecule has 1 aliphatic rings. The van der Waals surface area contributed by atoms with Crippen LogP contribution in [0.1, 0.15) is 19.3 Å². The van der Waals surface area contributed by atoms with Gasteiger partial charge in [0.15, 0.2) is 0 Å². The minimum Gasteiger partial charge on any atom is -0.383 e. The van der Waals surface area contributed by atoms with Gasteiger partial charge in [-0.25, -0.2) is 4.98 Å². The van der Waals surface area contributed by atoms with E-state index < -0.39 is 0 Å². The number of rotatable bonds is 3. The molecule has 0 amide bonds. The molecule has 0 aliphatic heterocycles. The standard InChI is InChI=1S/C12H15BrN2/c13-12-11(7-4-8-14-12)15-9-10-5-2-1-3-6-10/h1-2,4,7-8,10,15H,3,5-6,9H2. The predicted molar refractivity (Wildman–Crippen MR) is 66.9 cm³/mol. The quantitative estimate of drug-likeness (QED) is 0.668. The highest BCUT2D eigenvalue weighted by atomic mass is 79.9. The summed E-state index contributed by atoms with van der Waals surface area (Å²) in [6.07, 6.45) is 10.1. The Hall–Kier alpha value is -0.830. The van der Waals surface area contributed by atoms with Gasteiger partial charge in [0.05, 0.1) is 5.69 Å². The van der Waals surface area contributed by atoms with Gasteiger partial charge >= 0.3 is 0 Å². The van der Waals surface area contributed by atoms with Crippen molar-refractivity contribution in [2.45, 2.75) is 19.3 Å². The molecule has 0 fully saturated rings. The Kier molecular flexibility index (Phi) is 3.78. The van der Waals surface area contributed by atoms with Crippen LogP contribution in [-0.4, -0.2) is 11.5 Å². The maximum absolute atomic E-state index is 4.18. The van der Waals surface area contributed by atoms with Gasteiger partial charge in [0.2, 0.25) is 0 Å². The predicted octanol–water partition coefficient (Wildman–Crippen LogP) is 3.61. The molecule has 0 saturated carbocycles. The summed E-state index contributed by atoms with van der Waals surface area (Å²) in [4.78, 5) is 4.18. The number of allylic oxidation sites excluding steroid dienone is 2. The first kappa shape index (κ1) is 10.7. The van der Waals surface area contributed by atoms with Crippen LogP contribution in [-0.2, 0) is 0 Å². The van der Waals surface area contributed by atoms with Crippen LogP contribution in [0.15, 0.2) is 35.1 Å². The third-order valence-corrected chi connectivity index (χ3v) is 3.35. The molecule has 0 spiro atoms. The fourth-order valence-electron chi connectivity index (χ4n) is 1.81. The summed E-state index contributed by atoms with van der Waals surface area (Å²) in [5, 5.41) is 3.44. The largest absolute Gasteiger partial charge is 0.383 e. The Bertz CT molecular complexity index is 349. The van der Waals surface area contributed by atoms with Gasteiger partial charge in [0, 0.05) is 12.7 Å². The second kappa shape index (κ2) is 5.31. The van der Waals surface area contributed by atoms with E-state index in [0.29, 0.717) is 0 Å². The molecule has 3 heteroatoms. The number of nitrogens with one attached hydrogen (secondary N) is 1. The van der Waals surface area contributed by atoms with Gasteiger partial charge in [-0.3, -0.25) is 0 Å². The lowest BCUT2D eigenvalue weighted by molar-refractivity contribution is 0.504. The Morgan fingerprint density at radius 2 is 2.40 bits per heavy atom. The Morgan fingerprint density at radius 1 is 1.47 bits per heavy atom. The number of hydrogen-bond donors (Lipinski definition) is 1. The van der Waals surface area contributed by atoms with E-state index >= 15 is 0 Å². The SMILES string of the molecule is Brc1ncccc1NCC1CC=CCC1. The molecule has 2 rings (SSSR count). The normalized spacial score (nSPS) is 20.2. The van der Waals surface area contributed by atoms with E-state index in [-0.39, 0.29) is 0 Å². The van der Waals surface area contributed by atoms with E-state index in [1.807, 2.05) is 6.07 Å². The molecule has 0 aromatic carbocycles. The topological polar surface area (TPSA) is 24.9 Å². The molecule has 0 radical (unpaired) electrons. The van der Waals surface area contributed by atoms with Crippen LogP contribution in [0, 0.1) is 5.92 Å². The van der Waals surface area contributed by atoms with E-state index in [4.69, 9.17) is 0 Å². The molecule has 80 valence electrons. The minimum absolute atomic E-state index is 0.766. The van der Waals surface area contributed by atoms with Gasteiger partial charge in [0.25, 0.3) is 0 Å². The lowest BCUT2D eigenvalue weighted by Crippen LogP contribution is -2.15. The van der Waals surface area contributed by atoms with Crippen molar-refractivity contribution in [3.8, 4) is 0 Å². The first-order valence-corrected chi connectivity index (χ1v) is 6.15. The molecule has 1 aromatic rings. The van der Waals surface area contributed by atoms with Crippen LogP contribution in [0.4, 0.5) is 5.69 Å².